The lowest BCUT2D eigenvalue weighted by atomic mass is 10.0. The minimum absolute atomic E-state index is 0.123. The first-order chi connectivity index (χ1) is 8.47. The maximum absolute atomic E-state index is 13.5. The molecule has 0 amide bonds. The quantitative estimate of drug-likeness (QED) is 0.853. The summed E-state index contributed by atoms with van der Waals surface area (Å²) in [5, 5.41) is 0. The second-order valence-corrected chi connectivity index (χ2v) is 5.77. The van der Waals surface area contributed by atoms with Gasteiger partial charge >= 0.3 is 0 Å². The van der Waals surface area contributed by atoms with E-state index in [0.29, 0.717) is 5.56 Å². The van der Waals surface area contributed by atoms with Crippen molar-refractivity contribution in [2.24, 2.45) is 17.6 Å². The molecule has 0 saturated carbocycles. The van der Waals surface area contributed by atoms with E-state index in [9.17, 15) is 4.39 Å². The van der Waals surface area contributed by atoms with Gasteiger partial charge in [0.1, 0.15) is 10.8 Å². The highest BCUT2D eigenvalue weighted by Crippen LogP contribution is 2.24. The molecule has 4 heteroatoms. The number of likely N-dealkylation sites (tertiary alicyclic amines) is 1. The van der Waals surface area contributed by atoms with E-state index in [1.54, 1.807) is 6.07 Å². The van der Waals surface area contributed by atoms with Gasteiger partial charge in [0.2, 0.25) is 0 Å². The van der Waals surface area contributed by atoms with E-state index in [0.717, 1.165) is 37.0 Å². The third-order valence-corrected chi connectivity index (χ3v) is 3.99. The van der Waals surface area contributed by atoms with Crippen LogP contribution in [0.15, 0.2) is 18.2 Å². The smallest absolute Gasteiger partial charge is 0.133 e. The lowest BCUT2D eigenvalue weighted by Gasteiger charge is -2.16. The molecule has 0 bridgehead atoms. The predicted octanol–water partition coefficient (Wildman–Crippen LogP) is 2.55. The summed E-state index contributed by atoms with van der Waals surface area (Å²) in [4.78, 5) is 2.52. The van der Waals surface area contributed by atoms with Gasteiger partial charge in [-0.25, -0.2) is 4.39 Å². The summed E-state index contributed by atoms with van der Waals surface area (Å²) in [6, 6.07) is 5.03. The molecule has 2 nitrogen and oxygen atoms in total. The van der Waals surface area contributed by atoms with Crippen LogP contribution in [0.25, 0.3) is 0 Å². The number of nitrogens with zero attached hydrogens (tertiary/aromatic N) is 1. The number of nitrogens with two attached hydrogens (primary N) is 1. The zero-order chi connectivity index (χ0) is 13.3. The fraction of sp³-hybridized carbons (Fsp3) is 0.500. The Hall–Kier alpha value is -1.00. The van der Waals surface area contributed by atoms with E-state index in [4.69, 9.17) is 18.0 Å². The van der Waals surface area contributed by atoms with Gasteiger partial charge in [0.25, 0.3) is 0 Å². The summed E-state index contributed by atoms with van der Waals surface area (Å²) in [6.07, 6.45) is 0. The molecule has 98 valence electrons. The largest absolute Gasteiger partial charge is 0.389 e. The van der Waals surface area contributed by atoms with Gasteiger partial charge in [-0.1, -0.05) is 32.1 Å². The number of thiocarbonyl (C=S) groups is 1. The van der Waals surface area contributed by atoms with Gasteiger partial charge in [0, 0.05) is 25.2 Å². The van der Waals surface area contributed by atoms with Crippen molar-refractivity contribution in [2.45, 2.75) is 20.4 Å². The number of hydrogen-bond acceptors (Lipinski definition) is 2. The predicted molar refractivity (Wildman–Crippen MR) is 75.9 cm³/mol. The first-order valence-electron chi connectivity index (χ1n) is 6.28. The first-order valence-corrected chi connectivity index (χ1v) is 6.68. The molecule has 0 aromatic heterocycles. The molecule has 2 N–H and O–H groups in total. The minimum atomic E-state index is -0.339. The van der Waals surface area contributed by atoms with E-state index in [1.807, 2.05) is 6.07 Å². The molecular weight excluding hydrogens is 247 g/mol. The summed E-state index contributed by atoms with van der Waals surface area (Å²) in [6.45, 7) is 7.58. The average molecular weight is 266 g/mol. The Balaban J connectivity index is 2.11. The van der Waals surface area contributed by atoms with E-state index in [-0.39, 0.29) is 10.8 Å². The van der Waals surface area contributed by atoms with Crippen molar-refractivity contribution in [3.8, 4) is 0 Å². The van der Waals surface area contributed by atoms with Gasteiger partial charge < -0.3 is 5.73 Å². The van der Waals surface area contributed by atoms with Gasteiger partial charge in [-0.2, -0.15) is 0 Å². The zero-order valence-corrected chi connectivity index (χ0v) is 11.6. The number of benzene rings is 1. The van der Waals surface area contributed by atoms with Crippen LogP contribution in [0.1, 0.15) is 25.0 Å². The molecule has 0 spiro atoms. The Morgan fingerprint density at radius 2 is 2.00 bits per heavy atom. The van der Waals surface area contributed by atoms with Crippen molar-refractivity contribution in [1.82, 2.24) is 4.90 Å². The summed E-state index contributed by atoms with van der Waals surface area (Å²) in [7, 11) is 0. The summed E-state index contributed by atoms with van der Waals surface area (Å²) in [5.41, 5.74) is 6.93. The van der Waals surface area contributed by atoms with Gasteiger partial charge in [0.15, 0.2) is 0 Å². The molecule has 0 aliphatic carbocycles. The van der Waals surface area contributed by atoms with Gasteiger partial charge in [0.05, 0.1) is 0 Å². The molecule has 1 aliphatic rings. The molecule has 1 aromatic rings. The van der Waals surface area contributed by atoms with Crippen LogP contribution < -0.4 is 5.73 Å². The van der Waals surface area contributed by atoms with Crippen LogP contribution >= 0.6 is 12.2 Å². The normalized spacial score (nSPS) is 24.4. The van der Waals surface area contributed by atoms with E-state index >= 15 is 0 Å². The van der Waals surface area contributed by atoms with Crippen molar-refractivity contribution >= 4 is 17.2 Å². The highest BCUT2D eigenvalue weighted by molar-refractivity contribution is 7.80. The Bertz CT molecular complexity index is 451. The maximum Gasteiger partial charge on any atom is 0.133 e. The average Bonchev–Trinajstić information content (AvgIpc) is 2.60. The summed E-state index contributed by atoms with van der Waals surface area (Å²) >= 11 is 4.85. The van der Waals surface area contributed by atoms with E-state index in [1.165, 1.54) is 6.07 Å². The van der Waals surface area contributed by atoms with Crippen molar-refractivity contribution in [3.63, 3.8) is 0 Å². The van der Waals surface area contributed by atoms with Crippen molar-refractivity contribution in [2.75, 3.05) is 13.1 Å². The molecule has 2 atom stereocenters. The number of halogens is 1. The van der Waals surface area contributed by atoms with Crippen LogP contribution in [0.3, 0.4) is 0 Å². The summed E-state index contributed by atoms with van der Waals surface area (Å²) in [5.74, 6) is 1.11. The first kappa shape index (κ1) is 13.4. The van der Waals surface area contributed by atoms with E-state index in [2.05, 4.69) is 18.7 Å². The monoisotopic (exact) mass is 266 g/mol. The zero-order valence-electron chi connectivity index (χ0n) is 10.8. The van der Waals surface area contributed by atoms with E-state index < -0.39 is 0 Å². The van der Waals surface area contributed by atoms with Crippen LogP contribution in [0.2, 0.25) is 0 Å². The SMILES string of the molecule is CC1CN(Cc2ccc(F)c(C(N)=S)c2)CC1C. The maximum atomic E-state index is 13.5. The van der Waals surface area contributed by atoms with Crippen molar-refractivity contribution in [3.05, 3.63) is 35.1 Å². The molecule has 1 aromatic carbocycles. The molecule has 18 heavy (non-hydrogen) atoms. The topological polar surface area (TPSA) is 29.3 Å². The van der Waals surface area contributed by atoms with Gasteiger partial charge in [-0.15, -0.1) is 0 Å². The standard InChI is InChI=1S/C14H19FN2S/c1-9-6-17(7-10(9)2)8-11-3-4-13(15)12(5-11)14(16)18/h3-5,9-10H,6-8H2,1-2H3,(H2,16,18). The molecular formula is C14H19FN2S. The van der Waals surface area contributed by atoms with Crippen LogP contribution in [-0.4, -0.2) is 23.0 Å². The third-order valence-electron chi connectivity index (χ3n) is 3.77. The molecule has 1 saturated heterocycles. The highest BCUT2D eigenvalue weighted by atomic mass is 32.1. The molecule has 2 rings (SSSR count). The Kier molecular flexibility index (Phi) is 3.97. The van der Waals surface area contributed by atoms with Gasteiger partial charge in [-0.05, 0) is 29.5 Å². The second-order valence-electron chi connectivity index (χ2n) is 5.33. The second kappa shape index (κ2) is 5.33. The lowest BCUT2D eigenvalue weighted by molar-refractivity contribution is 0.316. The molecule has 1 fully saturated rings. The fourth-order valence-electron chi connectivity index (χ4n) is 2.50. The minimum Gasteiger partial charge on any atom is -0.389 e. The molecule has 1 aliphatic heterocycles. The Morgan fingerprint density at radius 3 is 2.56 bits per heavy atom. The van der Waals surface area contributed by atoms with Crippen molar-refractivity contribution < 1.29 is 4.39 Å². The molecule has 1 heterocycles. The number of hydrogen-bond donors (Lipinski definition) is 1. The Morgan fingerprint density at radius 1 is 1.39 bits per heavy atom. The number of rotatable bonds is 3. The fourth-order valence-corrected chi connectivity index (χ4v) is 2.65. The van der Waals surface area contributed by atoms with Crippen LogP contribution in [0.4, 0.5) is 4.39 Å². The molecule has 0 radical (unpaired) electrons. The summed E-state index contributed by atoms with van der Waals surface area (Å²) < 4.78 is 13.5. The lowest BCUT2D eigenvalue weighted by Crippen LogP contribution is -2.21. The van der Waals surface area contributed by atoms with Crippen molar-refractivity contribution in [1.29, 1.82) is 0 Å². The van der Waals surface area contributed by atoms with Gasteiger partial charge in [-0.3, -0.25) is 4.90 Å². The Labute approximate surface area is 113 Å². The van der Waals surface area contributed by atoms with Crippen LogP contribution in [0, 0.1) is 17.7 Å². The highest BCUT2D eigenvalue weighted by Gasteiger charge is 2.25. The van der Waals surface area contributed by atoms with Crippen LogP contribution in [-0.2, 0) is 6.54 Å². The van der Waals surface area contributed by atoms with Crippen LogP contribution in [0.5, 0.6) is 0 Å². The third kappa shape index (κ3) is 2.87. The molecule has 2 unspecified atom stereocenters.